The Bertz CT molecular complexity index is 872. The number of aromatic nitrogens is 3. The Morgan fingerprint density at radius 2 is 2.04 bits per heavy atom. The zero-order valence-corrected chi connectivity index (χ0v) is 13.2. The number of imidazole rings is 1. The van der Waals surface area contributed by atoms with Gasteiger partial charge < -0.3 is 13.7 Å². The van der Waals surface area contributed by atoms with E-state index in [1.165, 1.54) is 0 Å². The fourth-order valence-electron chi connectivity index (χ4n) is 2.45. The van der Waals surface area contributed by atoms with Crippen LogP contribution in [-0.4, -0.2) is 32.3 Å². The summed E-state index contributed by atoms with van der Waals surface area (Å²) in [6, 6.07) is 7.27. The van der Waals surface area contributed by atoms with E-state index < -0.39 is 5.97 Å². The number of esters is 1. The molecular formula is C17H17N3O3. The Balaban J connectivity index is 1.71. The highest BCUT2D eigenvalue weighted by atomic mass is 16.5. The first-order chi connectivity index (χ1) is 11.0. The number of carbonyl (C=O) groups excluding carboxylic acids is 2. The van der Waals surface area contributed by atoms with Crippen LogP contribution in [0.2, 0.25) is 0 Å². The number of rotatable bonds is 4. The van der Waals surface area contributed by atoms with Gasteiger partial charge in [-0.2, -0.15) is 0 Å². The molecule has 0 aliphatic carbocycles. The molecule has 23 heavy (non-hydrogen) atoms. The van der Waals surface area contributed by atoms with Crippen molar-refractivity contribution in [2.45, 2.75) is 13.8 Å². The number of aryl methyl sites for hydroxylation is 1. The summed E-state index contributed by atoms with van der Waals surface area (Å²) in [7, 11) is 1.89. The van der Waals surface area contributed by atoms with Gasteiger partial charge in [-0.15, -0.1) is 0 Å². The number of hydrogen-bond donors (Lipinski definition) is 0. The summed E-state index contributed by atoms with van der Waals surface area (Å²) in [6.45, 7) is 3.49. The largest absolute Gasteiger partial charge is 0.453 e. The minimum Gasteiger partial charge on any atom is -0.453 e. The summed E-state index contributed by atoms with van der Waals surface area (Å²) in [5.74, 6) is -0.823. The standard InChI is InChI=1S/C17H17N3O3/c1-11-8-13(12(2)19(11)3)15(21)10-23-17(22)14-9-20-7-5-4-6-16(20)18-14/h4-9H,10H2,1-3H3. The Labute approximate surface area is 133 Å². The molecule has 0 aliphatic heterocycles. The number of fused-ring (bicyclic) bond motifs is 1. The number of pyridine rings is 1. The number of ether oxygens (including phenoxy) is 1. The third kappa shape index (κ3) is 2.75. The fourth-order valence-corrected chi connectivity index (χ4v) is 2.45. The predicted octanol–water partition coefficient (Wildman–Crippen LogP) is 2.33. The molecule has 0 atom stereocenters. The summed E-state index contributed by atoms with van der Waals surface area (Å²) in [5.41, 5.74) is 3.26. The van der Waals surface area contributed by atoms with Gasteiger partial charge in [-0.1, -0.05) is 6.07 Å². The van der Waals surface area contributed by atoms with Gasteiger partial charge in [-0.3, -0.25) is 4.79 Å². The summed E-state index contributed by atoms with van der Waals surface area (Å²) >= 11 is 0. The van der Waals surface area contributed by atoms with Gasteiger partial charge in [-0.05, 0) is 32.0 Å². The quantitative estimate of drug-likeness (QED) is 0.548. The normalized spacial score (nSPS) is 10.9. The molecule has 6 nitrogen and oxygen atoms in total. The van der Waals surface area contributed by atoms with Crippen LogP contribution in [0.4, 0.5) is 0 Å². The Hall–Kier alpha value is -2.89. The second-order valence-corrected chi connectivity index (χ2v) is 5.44. The first kappa shape index (κ1) is 15.0. The lowest BCUT2D eigenvalue weighted by atomic mass is 10.1. The molecule has 0 radical (unpaired) electrons. The lowest BCUT2D eigenvalue weighted by Crippen LogP contribution is -2.15. The Kier molecular flexibility index (Phi) is 3.73. The van der Waals surface area contributed by atoms with Gasteiger partial charge in [0.2, 0.25) is 5.78 Å². The predicted molar refractivity (Wildman–Crippen MR) is 84.7 cm³/mol. The second kappa shape index (κ2) is 5.72. The molecule has 0 fully saturated rings. The minimum absolute atomic E-state index is 0.185. The molecule has 0 N–H and O–H groups in total. The highest BCUT2D eigenvalue weighted by Crippen LogP contribution is 2.14. The van der Waals surface area contributed by atoms with Crippen LogP contribution in [0.5, 0.6) is 0 Å². The molecule has 0 aliphatic rings. The summed E-state index contributed by atoms with van der Waals surface area (Å²) in [4.78, 5) is 28.4. The zero-order valence-electron chi connectivity index (χ0n) is 13.2. The van der Waals surface area contributed by atoms with Gasteiger partial charge >= 0.3 is 5.97 Å². The molecule has 0 saturated heterocycles. The molecule has 0 amide bonds. The number of Topliss-reactive ketones (excluding diaryl/α,β-unsaturated/α-hetero) is 1. The molecule has 0 saturated carbocycles. The second-order valence-electron chi connectivity index (χ2n) is 5.44. The molecule has 6 heteroatoms. The molecule has 0 unspecified atom stereocenters. The van der Waals surface area contributed by atoms with E-state index in [0.29, 0.717) is 11.2 Å². The van der Waals surface area contributed by atoms with Crippen LogP contribution >= 0.6 is 0 Å². The summed E-state index contributed by atoms with van der Waals surface area (Å²) in [6.07, 6.45) is 3.38. The van der Waals surface area contributed by atoms with E-state index in [4.69, 9.17) is 4.74 Å². The Morgan fingerprint density at radius 1 is 1.26 bits per heavy atom. The van der Waals surface area contributed by atoms with Gasteiger partial charge in [0.05, 0.1) is 0 Å². The van der Waals surface area contributed by atoms with E-state index in [2.05, 4.69) is 4.98 Å². The van der Waals surface area contributed by atoms with E-state index >= 15 is 0 Å². The van der Waals surface area contributed by atoms with Crippen LogP contribution in [0.1, 0.15) is 32.2 Å². The number of nitrogens with zero attached hydrogens (tertiary/aromatic N) is 3. The number of ketones is 1. The molecule has 0 aromatic carbocycles. The third-order valence-corrected chi connectivity index (χ3v) is 3.98. The van der Waals surface area contributed by atoms with E-state index in [1.807, 2.05) is 37.6 Å². The van der Waals surface area contributed by atoms with Crippen molar-refractivity contribution in [2.75, 3.05) is 6.61 Å². The van der Waals surface area contributed by atoms with Crippen molar-refractivity contribution in [1.82, 2.24) is 14.0 Å². The molecular weight excluding hydrogens is 294 g/mol. The van der Waals surface area contributed by atoms with Crippen molar-refractivity contribution in [1.29, 1.82) is 0 Å². The minimum atomic E-state index is -0.604. The molecule has 3 aromatic rings. The van der Waals surface area contributed by atoms with Crippen LogP contribution in [0, 0.1) is 13.8 Å². The molecule has 0 spiro atoms. The van der Waals surface area contributed by atoms with Crippen molar-refractivity contribution >= 4 is 17.4 Å². The van der Waals surface area contributed by atoms with Gasteiger partial charge in [0.15, 0.2) is 12.3 Å². The SMILES string of the molecule is Cc1cc(C(=O)COC(=O)c2cn3ccccc3n2)c(C)n1C. The van der Waals surface area contributed by atoms with Gasteiger partial charge in [0.25, 0.3) is 0 Å². The molecule has 0 bridgehead atoms. The van der Waals surface area contributed by atoms with Crippen molar-refractivity contribution in [3.05, 3.63) is 59.3 Å². The molecule has 3 aromatic heterocycles. The van der Waals surface area contributed by atoms with Crippen LogP contribution in [0.3, 0.4) is 0 Å². The van der Waals surface area contributed by atoms with E-state index in [1.54, 1.807) is 28.9 Å². The van der Waals surface area contributed by atoms with Gasteiger partial charge in [-0.25, -0.2) is 9.78 Å². The van der Waals surface area contributed by atoms with Gasteiger partial charge in [0.1, 0.15) is 5.65 Å². The monoisotopic (exact) mass is 311 g/mol. The third-order valence-electron chi connectivity index (χ3n) is 3.98. The van der Waals surface area contributed by atoms with E-state index in [9.17, 15) is 9.59 Å². The maximum Gasteiger partial charge on any atom is 0.359 e. The van der Waals surface area contributed by atoms with E-state index in [0.717, 1.165) is 11.4 Å². The van der Waals surface area contributed by atoms with Crippen molar-refractivity contribution < 1.29 is 14.3 Å². The topological polar surface area (TPSA) is 65.6 Å². The molecule has 3 heterocycles. The van der Waals surface area contributed by atoms with Crippen LogP contribution in [0.25, 0.3) is 5.65 Å². The number of hydrogen-bond acceptors (Lipinski definition) is 4. The highest BCUT2D eigenvalue weighted by Gasteiger charge is 2.18. The average molecular weight is 311 g/mol. The summed E-state index contributed by atoms with van der Waals surface area (Å²) < 4.78 is 8.76. The Morgan fingerprint density at radius 3 is 2.70 bits per heavy atom. The molecule has 3 rings (SSSR count). The summed E-state index contributed by atoms with van der Waals surface area (Å²) in [5, 5.41) is 0. The average Bonchev–Trinajstić information content (AvgIpc) is 3.09. The van der Waals surface area contributed by atoms with Crippen molar-refractivity contribution in [3.8, 4) is 0 Å². The maximum absolute atomic E-state index is 12.2. The lowest BCUT2D eigenvalue weighted by Gasteiger charge is -2.03. The van der Waals surface area contributed by atoms with Crippen molar-refractivity contribution in [3.63, 3.8) is 0 Å². The first-order valence-electron chi connectivity index (χ1n) is 7.24. The lowest BCUT2D eigenvalue weighted by molar-refractivity contribution is 0.0469. The van der Waals surface area contributed by atoms with Crippen LogP contribution < -0.4 is 0 Å². The highest BCUT2D eigenvalue weighted by molar-refractivity contribution is 6.00. The smallest absolute Gasteiger partial charge is 0.359 e. The first-order valence-corrected chi connectivity index (χ1v) is 7.24. The molecule has 118 valence electrons. The fraction of sp³-hybridized carbons (Fsp3) is 0.235. The van der Waals surface area contributed by atoms with Gasteiger partial charge in [0, 0.05) is 36.4 Å². The number of carbonyl (C=O) groups is 2. The maximum atomic E-state index is 12.2. The van der Waals surface area contributed by atoms with Crippen LogP contribution in [0.15, 0.2) is 36.7 Å². The van der Waals surface area contributed by atoms with Crippen LogP contribution in [-0.2, 0) is 11.8 Å². The zero-order chi connectivity index (χ0) is 16.6. The van der Waals surface area contributed by atoms with Crippen molar-refractivity contribution in [2.24, 2.45) is 7.05 Å². The van der Waals surface area contributed by atoms with E-state index in [-0.39, 0.29) is 18.1 Å².